The van der Waals surface area contributed by atoms with E-state index >= 15 is 0 Å². The molecule has 9 nitrogen and oxygen atoms in total. The van der Waals surface area contributed by atoms with Crippen LogP contribution in [0.15, 0.2) is 18.2 Å². The van der Waals surface area contributed by atoms with Crippen molar-refractivity contribution in [2.24, 2.45) is 5.92 Å². The van der Waals surface area contributed by atoms with Crippen LogP contribution in [0, 0.1) is 5.92 Å². The Morgan fingerprint density at radius 1 is 1.08 bits per heavy atom. The molecule has 5 rings (SSSR count). The second kappa shape index (κ2) is 10.6. The van der Waals surface area contributed by atoms with Crippen molar-refractivity contribution in [2.45, 2.75) is 70.5 Å². The summed E-state index contributed by atoms with van der Waals surface area (Å²) in [5, 5.41) is 2.33. The summed E-state index contributed by atoms with van der Waals surface area (Å²) in [6.45, 7) is 6.60. The summed E-state index contributed by atoms with van der Waals surface area (Å²) < 4.78 is 6.17. The number of benzene rings is 1. The van der Waals surface area contributed by atoms with Gasteiger partial charge in [0.05, 0.1) is 12.0 Å². The van der Waals surface area contributed by atoms with E-state index in [0.29, 0.717) is 30.9 Å². The fraction of sp³-hybridized carbons (Fsp3) is 0.630. The third-order valence-corrected chi connectivity index (χ3v) is 8.15. The zero-order chi connectivity index (χ0) is 25.2. The van der Waals surface area contributed by atoms with Crippen molar-refractivity contribution in [1.82, 2.24) is 20.0 Å². The molecule has 4 aliphatic rings. The summed E-state index contributed by atoms with van der Waals surface area (Å²) in [6.07, 6.45) is 5.66. The molecule has 4 heterocycles. The largest absolute Gasteiger partial charge is 0.491 e. The lowest BCUT2D eigenvalue weighted by molar-refractivity contribution is -0.142. The van der Waals surface area contributed by atoms with E-state index in [1.54, 1.807) is 17.0 Å². The molecule has 36 heavy (non-hydrogen) atoms. The van der Waals surface area contributed by atoms with E-state index in [2.05, 4.69) is 22.0 Å². The lowest BCUT2D eigenvalue weighted by Crippen LogP contribution is -2.52. The van der Waals surface area contributed by atoms with Gasteiger partial charge in [-0.3, -0.25) is 24.5 Å². The Morgan fingerprint density at radius 3 is 2.75 bits per heavy atom. The van der Waals surface area contributed by atoms with Crippen molar-refractivity contribution in [3.05, 3.63) is 29.3 Å². The minimum Gasteiger partial charge on any atom is -0.491 e. The summed E-state index contributed by atoms with van der Waals surface area (Å²) in [7, 11) is 0. The highest BCUT2D eigenvalue weighted by Crippen LogP contribution is 2.31. The van der Waals surface area contributed by atoms with Crippen LogP contribution in [0.3, 0.4) is 0 Å². The lowest BCUT2D eigenvalue weighted by Gasteiger charge is -2.40. The van der Waals surface area contributed by atoms with E-state index in [4.69, 9.17) is 4.74 Å². The van der Waals surface area contributed by atoms with Gasteiger partial charge in [0.1, 0.15) is 18.4 Å². The van der Waals surface area contributed by atoms with Crippen LogP contribution in [0.25, 0.3) is 0 Å². The van der Waals surface area contributed by atoms with Gasteiger partial charge >= 0.3 is 0 Å². The van der Waals surface area contributed by atoms with Crippen LogP contribution in [0.2, 0.25) is 0 Å². The van der Waals surface area contributed by atoms with Crippen molar-refractivity contribution < 1.29 is 23.9 Å². The number of ether oxygens (including phenoxy) is 1. The topological polar surface area (TPSA) is 99.3 Å². The molecule has 1 aromatic rings. The molecule has 4 aliphatic heterocycles. The maximum absolute atomic E-state index is 13.4. The number of piperidine rings is 3. The van der Waals surface area contributed by atoms with Crippen molar-refractivity contribution in [1.29, 1.82) is 0 Å². The van der Waals surface area contributed by atoms with Crippen LogP contribution >= 0.6 is 0 Å². The minimum atomic E-state index is -0.628. The van der Waals surface area contributed by atoms with Gasteiger partial charge in [-0.2, -0.15) is 0 Å². The van der Waals surface area contributed by atoms with Gasteiger partial charge in [-0.25, -0.2) is 0 Å². The molecule has 0 aromatic heterocycles. The van der Waals surface area contributed by atoms with E-state index in [1.807, 2.05) is 6.07 Å². The molecule has 9 heteroatoms. The standard InChI is InChI=1S/C27H36N4O5/c1-2-29-12-5-6-18(15-29)26(34)30-13-4-3-7-20(30)17-36-21-8-9-22-19(14-21)16-31(27(22)35)23-10-11-24(32)28-25(23)33/h8-9,14,18,20,23H,2-7,10-13,15-17H2,1H3,(H,28,32,33)/t18-,20-,23?/m1/s1. The van der Waals surface area contributed by atoms with Gasteiger partial charge in [0, 0.05) is 31.6 Å². The van der Waals surface area contributed by atoms with Crippen molar-refractivity contribution in [2.75, 3.05) is 32.8 Å². The first-order valence-corrected chi connectivity index (χ1v) is 13.4. The molecule has 1 aromatic carbocycles. The fourth-order valence-corrected chi connectivity index (χ4v) is 6.08. The van der Waals surface area contributed by atoms with E-state index in [-0.39, 0.29) is 36.1 Å². The van der Waals surface area contributed by atoms with Crippen LogP contribution in [0.4, 0.5) is 0 Å². The highest BCUT2D eigenvalue weighted by Gasteiger charge is 2.39. The van der Waals surface area contributed by atoms with Crippen molar-refractivity contribution in [3.63, 3.8) is 0 Å². The number of rotatable bonds is 6. The molecule has 0 spiro atoms. The van der Waals surface area contributed by atoms with Crippen LogP contribution in [-0.4, -0.2) is 83.2 Å². The van der Waals surface area contributed by atoms with Gasteiger partial charge < -0.3 is 19.4 Å². The Balaban J connectivity index is 1.22. The SMILES string of the molecule is CCN1CCC[C@@H](C(=O)N2CCCC[C@@H]2COc2ccc3c(c2)CN(C2CCC(=O)NC2=O)C3=O)C1. The summed E-state index contributed by atoms with van der Waals surface area (Å²) in [5.74, 6) is 0.108. The normalized spacial score (nSPS) is 27.1. The number of hydrogen-bond acceptors (Lipinski definition) is 6. The lowest BCUT2D eigenvalue weighted by atomic mass is 9.93. The zero-order valence-electron chi connectivity index (χ0n) is 21.0. The number of carbonyl (C=O) groups is 4. The predicted octanol–water partition coefficient (Wildman–Crippen LogP) is 1.94. The molecule has 194 valence electrons. The smallest absolute Gasteiger partial charge is 0.255 e. The third-order valence-electron chi connectivity index (χ3n) is 8.15. The number of hydrogen-bond donors (Lipinski definition) is 1. The molecule has 1 N–H and O–H groups in total. The number of imide groups is 1. The molecule has 3 saturated heterocycles. The molecule has 0 aliphatic carbocycles. The van der Waals surface area contributed by atoms with Gasteiger partial charge in [0.2, 0.25) is 17.7 Å². The Kier molecular flexibility index (Phi) is 7.27. The van der Waals surface area contributed by atoms with E-state index in [9.17, 15) is 19.2 Å². The second-order valence-corrected chi connectivity index (χ2v) is 10.4. The quantitative estimate of drug-likeness (QED) is 0.605. The second-order valence-electron chi connectivity index (χ2n) is 10.4. The third kappa shape index (κ3) is 4.98. The van der Waals surface area contributed by atoms with Crippen LogP contribution in [0.1, 0.15) is 67.8 Å². The number of likely N-dealkylation sites (tertiary alicyclic amines) is 2. The molecular weight excluding hydrogens is 460 g/mol. The monoisotopic (exact) mass is 496 g/mol. The van der Waals surface area contributed by atoms with Crippen molar-refractivity contribution in [3.8, 4) is 5.75 Å². The summed E-state index contributed by atoms with van der Waals surface area (Å²) in [6, 6.07) is 4.84. The summed E-state index contributed by atoms with van der Waals surface area (Å²) in [4.78, 5) is 56.1. The highest BCUT2D eigenvalue weighted by molar-refractivity contribution is 6.05. The minimum absolute atomic E-state index is 0.0538. The Hall–Kier alpha value is -2.94. The fourth-order valence-electron chi connectivity index (χ4n) is 6.08. The van der Waals surface area contributed by atoms with Gasteiger partial charge in [0.25, 0.3) is 5.91 Å². The van der Waals surface area contributed by atoms with Gasteiger partial charge in [-0.15, -0.1) is 0 Å². The Labute approximate surface area is 212 Å². The predicted molar refractivity (Wildman–Crippen MR) is 132 cm³/mol. The van der Waals surface area contributed by atoms with Gasteiger partial charge in [0.15, 0.2) is 0 Å². The maximum atomic E-state index is 13.4. The van der Waals surface area contributed by atoms with E-state index in [0.717, 1.165) is 63.8 Å². The zero-order valence-corrected chi connectivity index (χ0v) is 21.0. The number of amides is 4. The van der Waals surface area contributed by atoms with Crippen LogP contribution in [-0.2, 0) is 20.9 Å². The first kappa shape index (κ1) is 24.7. The molecule has 3 atom stereocenters. The summed E-state index contributed by atoms with van der Waals surface area (Å²) in [5.41, 5.74) is 1.39. The van der Waals surface area contributed by atoms with Crippen molar-refractivity contribution >= 4 is 23.6 Å². The number of carbonyl (C=O) groups excluding carboxylic acids is 4. The summed E-state index contributed by atoms with van der Waals surface area (Å²) >= 11 is 0. The Morgan fingerprint density at radius 2 is 1.94 bits per heavy atom. The first-order chi connectivity index (χ1) is 17.4. The average molecular weight is 497 g/mol. The molecule has 0 saturated carbocycles. The Bertz CT molecular complexity index is 1040. The van der Waals surface area contributed by atoms with Gasteiger partial charge in [-0.05, 0) is 75.4 Å². The maximum Gasteiger partial charge on any atom is 0.255 e. The number of nitrogens with one attached hydrogen (secondary N) is 1. The number of fused-ring (bicyclic) bond motifs is 1. The first-order valence-electron chi connectivity index (χ1n) is 13.4. The molecule has 3 fully saturated rings. The van der Waals surface area contributed by atoms with Crippen LogP contribution < -0.4 is 10.1 Å². The van der Waals surface area contributed by atoms with E-state index in [1.165, 1.54) is 0 Å². The highest BCUT2D eigenvalue weighted by atomic mass is 16.5. The number of nitrogens with zero attached hydrogens (tertiary/aromatic N) is 3. The molecule has 4 amide bonds. The molecule has 0 bridgehead atoms. The molecular formula is C27H36N4O5. The van der Waals surface area contributed by atoms with Gasteiger partial charge in [-0.1, -0.05) is 6.92 Å². The van der Waals surface area contributed by atoms with E-state index < -0.39 is 11.9 Å². The molecule has 1 unspecified atom stereocenters. The molecule has 0 radical (unpaired) electrons. The van der Waals surface area contributed by atoms with Crippen LogP contribution in [0.5, 0.6) is 5.75 Å². The average Bonchev–Trinajstić information content (AvgIpc) is 3.22.